The Hall–Kier alpha value is -0.570. The van der Waals surface area contributed by atoms with Crippen LogP contribution in [0.15, 0.2) is 0 Å². The molecule has 3 heteroatoms. The first-order chi connectivity index (χ1) is 18.1. The maximum atomic E-state index is 12.4. The first-order valence-corrected chi connectivity index (χ1v) is 16.9. The molecule has 0 saturated heterocycles. The van der Waals surface area contributed by atoms with Gasteiger partial charge in [0.15, 0.2) is 0 Å². The summed E-state index contributed by atoms with van der Waals surface area (Å²) in [5, 5.41) is 0. The predicted octanol–water partition coefficient (Wildman–Crippen LogP) is 10.5. The molecule has 3 atom stereocenters. The SMILES string of the molecule is CCCCCCCCCC(CCCCCCCC1CC1CCCCCCCC)OC(=O)CCCN(C)C. The number of hydrogen-bond donors (Lipinski definition) is 0. The van der Waals surface area contributed by atoms with Crippen LogP contribution in [0.3, 0.4) is 0 Å². The molecule has 1 aliphatic carbocycles. The van der Waals surface area contributed by atoms with Crippen molar-refractivity contribution >= 4 is 5.97 Å². The number of rotatable bonds is 28. The zero-order valence-electron chi connectivity index (χ0n) is 25.9. The van der Waals surface area contributed by atoms with Crippen molar-refractivity contribution in [3.8, 4) is 0 Å². The van der Waals surface area contributed by atoms with Crippen LogP contribution >= 0.6 is 0 Å². The fraction of sp³-hybridized carbons (Fsp3) is 0.971. The first kappa shape index (κ1) is 34.5. The van der Waals surface area contributed by atoms with Crippen molar-refractivity contribution in [3.63, 3.8) is 0 Å². The monoisotopic (exact) mass is 522 g/mol. The van der Waals surface area contributed by atoms with Gasteiger partial charge in [-0.15, -0.1) is 0 Å². The summed E-state index contributed by atoms with van der Waals surface area (Å²) < 4.78 is 5.96. The van der Waals surface area contributed by atoms with E-state index >= 15 is 0 Å². The Morgan fingerprint density at radius 2 is 1.08 bits per heavy atom. The van der Waals surface area contributed by atoms with Crippen LogP contribution in [0.25, 0.3) is 0 Å². The van der Waals surface area contributed by atoms with Gasteiger partial charge in [0.05, 0.1) is 0 Å². The zero-order chi connectivity index (χ0) is 27.0. The van der Waals surface area contributed by atoms with Gasteiger partial charge in [0.1, 0.15) is 6.10 Å². The molecule has 0 amide bonds. The highest BCUT2D eigenvalue weighted by atomic mass is 16.5. The molecule has 220 valence electrons. The Morgan fingerprint density at radius 1 is 0.649 bits per heavy atom. The average Bonchev–Trinajstić information content (AvgIpc) is 3.62. The molecule has 3 unspecified atom stereocenters. The number of unbranched alkanes of at least 4 members (excludes halogenated alkanes) is 15. The topological polar surface area (TPSA) is 29.5 Å². The maximum absolute atomic E-state index is 12.4. The van der Waals surface area contributed by atoms with Crippen LogP contribution in [-0.4, -0.2) is 37.6 Å². The summed E-state index contributed by atoms with van der Waals surface area (Å²) in [4.78, 5) is 14.5. The highest BCUT2D eigenvalue weighted by molar-refractivity contribution is 5.69. The van der Waals surface area contributed by atoms with Crippen LogP contribution in [0.1, 0.15) is 174 Å². The van der Waals surface area contributed by atoms with Gasteiger partial charge < -0.3 is 9.64 Å². The number of nitrogens with zero attached hydrogens (tertiary/aromatic N) is 1. The molecular weight excluding hydrogens is 454 g/mol. The van der Waals surface area contributed by atoms with Gasteiger partial charge in [-0.2, -0.15) is 0 Å². The van der Waals surface area contributed by atoms with E-state index in [1.54, 1.807) is 0 Å². The van der Waals surface area contributed by atoms with Crippen molar-refractivity contribution < 1.29 is 9.53 Å². The molecule has 3 nitrogen and oxygen atoms in total. The molecule has 0 heterocycles. The third kappa shape index (κ3) is 22.0. The summed E-state index contributed by atoms with van der Waals surface area (Å²) in [5.41, 5.74) is 0. The zero-order valence-corrected chi connectivity index (χ0v) is 25.9. The van der Waals surface area contributed by atoms with Crippen LogP contribution in [-0.2, 0) is 9.53 Å². The standard InChI is InChI=1S/C34H67NO2/c1-5-7-9-11-13-17-21-26-33(37-34(36)28-23-29-35(3)4)27-22-18-14-16-20-25-32-30-31(32)24-19-15-12-10-8-6-2/h31-33H,5-30H2,1-4H3. The van der Waals surface area contributed by atoms with Gasteiger partial charge in [-0.3, -0.25) is 4.79 Å². The molecule has 1 aliphatic rings. The second-order valence-electron chi connectivity index (χ2n) is 12.6. The molecule has 0 aliphatic heterocycles. The quantitative estimate of drug-likeness (QED) is 0.0757. The normalized spacial score (nSPS) is 17.9. The van der Waals surface area contributed by atoms with Crippen molar-refractivity contribution in [3.05, 3.63) is 0 Å². The minimum absolute atomic E-state index is 0.0229. The summed E-state index contributed by atoms with van der Waals surface area (Å²) in [6.07, 6.45) is 32.8. The van der Waals surface area contributed by atoms with E-state index < -0.39 is 0 Å². The average molecular weight is 522 g/mol. The Kier molecular flexibility index (Phi) is 22.8. The molecule has 0 radical (unpaired) electrons. The second-order valence-corrected chi connectivity index (χ2v) is 12.6. The number of ether oxygens (including phenoxy) is 1. The fourth-order valence-electron chi connectivity index (χ4n) is 5.89. The van der Waals surface area contributed by atoms with Crippen molar-refractivity contribution in [2.75, 3.05) is 20.6 Å². The van der Waals surface area contributed by atoms with E-state index in [4.69, 9.17) is 4.74 Å². The van der Waals surface area contributed by atoms with E-state index in [9.17, 15) is 4.79 Å². The predicted molar refractivity (Wildman–Crippen MR) is 162 cm³/mol. The van der Waals surface area contributed by atoms with Crippen LogP contribution < -0.4 is 0 Å². The van der Waals surface area contributed by atoms with Crippen molar-refractivity contribution in [1.82, 2.24) is 4.90 Å². The maximum Gasteiger partial charge on any atom is 0.306 e. The van der Waals surface area contributed by atoms with E-state index in [-0.39, 0.29) is 12.1 Å². The highest BCUT2D eigenvalue weighted by Crippen LogP contribution is 2.45. The molecule has 0 aromatic carbocycles. The van der Waals surface area contributed by atoms with E-state index in [1.807, 2.05) is 0 Å². The summed E-state index contributed by atoms with van der Waals surface area (Å²) in [5.74, 6) is 2.16. The first-order valence-electron chi connectivity index (χ1n) is 16.9. The Labute approximate surface area is 233 Å². The lowest BCUT2D eigenvalue weighted by molar-refractivity contribution is -0.150. The Balaban J connectivity index is 2.09. The van der Waals surface area contributed by atoms with Gasteiger partial charge in [-0.25, -0.2) is 0 Å². The number of hydrogen-bond acceptors (Lipinski definition) is 3. The lowest BCUT2D eigenvalue weighted by atomic mass is 10.0. The fourth-order valence-corrected chi connectivity index (χ4v) is 5.89. The number of carbonyl (C=O) groups excluding carboxylic acids is 1. The number of esters is 1. The van der Waals surface area contributed by atoms with Crippen LogP contribution in [0, 0.1) is 11.8 Å². The minimum Gasteiger partial charge on any atom is -0.462 e. The van der Waals surface area contributed by atoms with E-state index in [2.05, 4.69) is 32.8 Å². The molecule has 0 bridgehead atoms. The molecular formula is C34H67NO2. The summed E-state index contributed by atoms with van der Waals surface area (Å²) in [6, 6.07) is 0. The van der Waals surface area contributed by atoms with E-state index in [0.717, 1.165) is 37.6 Å². The summed E-state index contributed by atoms with van der Waals surface area (Å²) in [6.45, 7) is 5.53. The molecule has 0 aromatic heterocycles. The largest absolute Gasteiger partial charge is 0.462 e. The molecule has 1 saturated carbocycles. The molecule has 1 rings (SSSR count). The highest BCUT2D eigenvalue weighted by Gasteiger charge is 2.35. The Morgan fingerprint density at radius 3 is 1.54 bits per heavy atom. The molecule has 0 spiro atoms. The lowest BCUT2D eigenvalue weighted by Gasteiger charge is -2.18. The van der Waals surface area contributed by atoms with E-state index in [1.165, 1.54) is 135 Å². The van der Waals surface area contributed by atoms with Crippen LogP contribution in [0.2, 0.25) is 0 Å². The molecule has 1 fully saturated rings. The summed E-state index contributed by atoms with van der Waals surface area (Å²) >= 11 is 0. The third-order valence-corrected chi connectivity index (χ3v) is 8.51. The van der Waals surface area contributed by atoms with Crippen LogP contribution in [0.5, 0.6) is 0 Å². The summed E-state index contributed by atoms with van der Waals surface area (Å²) in [7, 11) is 4.13. The van der Waals surface area contributed by atoms with Crippen molar-refractivity contribution in [2.45, 2.75) is 180 Å². The third-order valence-electron chi connectivity index (χ3n) is 8.51. The molecule has 0 N–H and O–H groups in total. The van der Waals surface area contributed by atoms with E-state index in [0.29, 0.717) is 6.42 Å². The molecule has 0 aromatic rings. The van der Waals surface area contributed by atoms with Gasteiger partial charge in [0, 0.05) is 6.42 Å². The van der Waals surface area contributed by atoms with Crippen LogP contribution in [0.4, 0.5) is 0 Å². The minimum atomic E-state index is 0.0229. The van der Waals surface area contributed by atoms with Gasteiger partial charge in [-0.05, 0) is 71.0 Å². The Bertz CT molecular complexity index is 506. The van der Waals surface area contributed by atoms with Crippen molar-refractivity contribution in [2.24, 2.45) is 11.8 Å². The smallest absolute Gasteiger partial charge is 0.306 e. The van der Waals surface area contributed by atoms with Gasteiger partial charge in [0.2, 0.25) is 0 Å². The second kappa shape index (κ2) is 24.5. The van der Waals surface area contributed by atoms with Crippen molar-refractivity contribution in [1.29, 1.82) is 0 Å². The van der Waals surface area contributed by atoms with Gasteiger partial charge >= 0.3 is 5.97 Å². The van der Waals surface area contributed by atoms with Gasteiger partial charge in [-0.1, -0.05) is 129 Å². The molecule has 37 heavy (non-hydrogen) atoms. The number of carbonyl (C=O) groups is 1. The lowest BCUT2D eigenvalue weighted by Crippen LogP contribution is -2.20. The van der Waals surface area contributed by atoms with Gasteiger partial charge in [0.25, 0.3) is 0 Å².